The van der Waals surface area contributed by atoms with Gasteiger partial charge in [-0.3, -0.25) is 9.59 Å². The van der Waals surface area contributed by atoms with Gasteiger partial charge in [0.1, 0.15) is 24.2 Å². The van der Waals surface area contributed by atoms with Crippen LogP contribution in [-0.2, 0) is 9.53 Å². The predicted molar refractivity (Wildman–Crippen MR) is 101 cm³/mol. The van der Waals surface area contributed by atoms with Crippen LogP contribution in [0.2, 0.25) is 0 Å². The van der Waals surface area contributed by atoms with Crippen molar-refractivity contribution in [1.82, 2.24) is 0 Å². The number of benzene rings is 2. The number of hydrogen-bond acceptors (Lipinski definition) is 4. The molecule has 4 heteroatoms. The summed E-state index contributed by atoms with van der Waals surface area (Å²) in [6.07, 6.45) is 3.33. The van der Waals surface area contributed by atoms with E-state index in [9.17, 15) is 9.59 Å². The molecule has 1 aliphatic carbocycles. The highest BCUT2D eigenvalue weighted by Gasteiger charge is 2.31. The second kappa shape index (κ2) is 7.73. The number of ether oxygens (including phenoxy) is 2. The highest BCUT2D eigenvalue weighted by molar-refractivity contribution is 5.80. The minimum atomic E-state index is -0.261. The zero-order chi connectivity index (χ0) is 18.7. The number of rotatable bonds is 5. The molecule has 2 aromatic rings. The number of hydrogen-bond donors (Lipinski definition) is 0. The number of carbonyl (C=O) groups is 2. The highest BCUT2D eigenvalue weighted by Crippen LogP contribution is 2.33. The molecule has 1 fully saturated rings. The largest absolute Gasteiger partial charge is 0.487 e. The van der Waals surface area contributed by atoms with Crippen molar-refractivity contribution in [1.29, 1.82) is 0 Å². The van der Waals surface area contributed by atoms with Gasteiger partial charge in [-0.25, -0.2) is 0 Å². The van der Waals surface area contributed by atoms with E-state index in [0.717, 1.165) is 53.6 Å². The maximum absolute atomic E-state index is 11.3. The van der Waals surface area contributed by atoms with Crippen LogP contribution in [0.4, 0.5) is 0 Å². The fraction of sp³-hybridized carbons (Fsp3) is 0.364. The fourth-order valence-corrected chi connectivity index (χ4v) is 3.76. The van der Waals surface area contributed by atoms with Gasteiger partial charge in [-0.1, -0.05) is 18.2 Å². The van der Waals surface area contributed by atoms with Crippen LogP contribution in [0.25, 0.3) is 11.1 Å². The van der Waals surface area contributed by atoms with E-state index < -0.39 is 0 Å². The van der Waals surface area contributed by atoms with Crippen molar-refractivity contribution in [2.75, 3.05) is 0 Å². The monoisotopic (exact) mass is 352 g/mol. The first kappa shape index (κ1) is 18.2. The van der Waals surface area contributed by atoms with Crippen molar-refractivity contribution in [3.05, 3.63) is 53.1 Å². The van der Waals surface area contributed by atoms with Gasteiger partial charge in [0.25, 0.3) is 0 Å². The molecule has 0 aliphatic heterocycles. The summed E-state index contributed by atoms with van der Waals surface area (Å²) < 4.78 is 11.5. The molecule has 0 bridgehead atoms. The van der Waals surface area contributed by atoms with E-state index in [-0.39, 0.29) is 18.2 Å². The molecule has 0 heterocycles. The molecule has 136 valence electrons. The number of carbonyl (C=O) groups excluding carboxylic acids is 2. The Morgan fingerprint density at radius 2 is 1.77 bits per heavy atom. The minimum absolute atomic E-state index is 0.0954. The Morgan fingerprint density at radius 1 is 1.08 bits per heavy atom. The number of aldehydes is 1. The van der Waals surface area contributed by atoms with Crippen LogP contribution in [0.1, 0.15) is 47.7 Å². The van der Waals surface area contributed by atoms with Gasteiger partial charge >= 0.3 is 5.97 Å². The summed E-state index contributed by atoms with van der Waals surface area (Å²) in [6.45, 7) is 5.52. The van der Waals surface area contributed by atoms with Crippen molar-refractivity contribution in [3.63, 3.8) is 0 Å². The molecule has 0 spiro atoms. The lowest BCUT2D eigenvalue weighted by molar-refractivity contribution is -0.149. The molecule has 2 atom stereocenters. The van der Waals surface area contributed by atoms with Crippen LogP contribution < -0.4 is 4.74 Å². The molecule has 2 aromatic carbocycles. The van der Waals surface area contributed by atoms with E-state index in [1.807, 2.05) is 44.2 Å². The molecule has 0 aromatic heterocycles. The average molecular weight is 352 g/mol. The Bertz CT molecular complexity index is 802. The first-order valence-electron chi connectivity index (χ1n) is 8.98. The maximum Gasteiger partial charge on any atom is 0.303 e. The number of aryl methyl sites for hydroxylation is 2. The van der Waals surface area contributed by atoms with Gasteiger partial charge < -0.3 is 9.47 Å². The second-order valence-corrected chi connectivity index (χ2v) is 6.91. The van der Waals surface area contributed by atoms with Gasteiger partial charge in [0, 0.05) is 12.5 Å². The van der Waals surface area contributed by atoms with Gasteiger partial charge in [0.15, 0.2) is 0 Å². The molecule has 0 amide bonds. The molecule has 26 heavy (non-hydrogen) atoms. The van der Waals surface area contributed by atoms with E-state index >= 15 is 0 Å². The fourth-order valence-electron chi connectivity index (χ4n) is 3.76. The summed E-state index contributed by atoms with van der Waals surface area (Å²) in [4.78, 5) is 22.3. The van der Waals surface area contributed by atoms with E-state index in [1.54, 1.807) is 6.07 Å². The standard InChI is InChI=1S/C22H24O4/c1-14-10-19(26-21-9-5-8-20(21)25-16(3)24)11-15(2)22(14)18-7-4-6-17(12-18)13-23/h4,6-7,10-13,20-21H,5,8-9H2,1-3H3. The third kappa shape index (κ3) is 3.96. The predicted octanol–water partition coefficient (Wildman–Crippen LogP) is 4.65. The maximum atomic E-state index is 11.3. The van der Waals surface area contributed by atoms with E-state index in [4.69, 9.17) is 9.47 Å². The van der Waals surface area contributed by atoms with Crippen molar-refractivity contribution in [2.45, 2.75) is 52.2 Å². The summed E-state index contributed by atoms with van der Waals surface area (Å²) in [5.41, 5.74) is 4.98. The summed E-state index contributed by atoms with van der Waals surface area (Å²) in [5, 5.41) is 0. The lowest BCUT2D eigenvalue weighted by atomic mass is 9.94. The van der Waals surface area contributed by atoms with E-state index in [1.165, 1.54) is 6.92 Å². The second-order valence-electron chi connectivity index (χ2n) is 6.91. The van der Waals surface area contributed by atoms with Crippen LogP contribution >= 0.6 is 0 Å². The SMILES string of the molecule is CC(=O)OC1CCCC1Oc1cc(C)c(-c2cccc(C=O)c2)c(C)c1. The first-order valence-corrected chi connectivity index (χ1v) is 8.98. The van der Waals surface area contributed by atoms with Gasteiger partial charge in [-0.2, -0.15) is 0 Å². The highest BCUT2D eigenvalue weighted by atomic mass is 16.6. The van der Waals surface area contributed by atoms with Gasteiger partial charge in [0.2, 0.25) is 0 Å². The summed E-state index contributed by atoms with van der Waals surface area (Å²) in [6, 6.07) is 11.6. The van der Waals surface area contributed by atoms with Crippen molar-refractivity contribution >= 4 is 12.3 Å². The van der Waals surface area contributed by atoms with E-state index in [0.29, 0.717) is 5.56 Å². The van der Waals surface area contributed by atoms with Crippen LogP contribution in [0, 0.1) is 13.8 Å². The lowest BCUT2D eigenvalue weighted by Crippen LogP contribution is -2.30. The molecule has 0 saturated heterocycles. The Kier molecular flexibility index (Phi) is 5.40. The number of esters is 1. The van der Waals surface area contributed by atoms with Gasteiger partial charge in [0.05, 0.1) is 0 Å². The van der Waals surface area contributed by atoms with Crippen molar-refractivity contribution in [2.24, 2.45) is 0 Å². The zero-order valence-electron chi connectivity index (χ0n) is 15.5. The molecule has 0 radical (unpaired) electrons. The molecule has 1 aliphatic rings. The normalized spacial score (nSPS) is 19.2. The molecule has 3 rings (SSSR count). The summed E-state index contributed by atoms with van der Waals surface area (Å²) >= 11 is 0. The quantitative estimate of drug-likeness (QED) is 0.581. The Morgan fingerprint density at radius 3 is 2.42 bits per heavy atom. The van der Waals surface area contributed by atoms with Crippen LogP contribution in [-0.4, -0.2) is 24.5 Å². The summed E-state index contributed by atoms with van der Waals surface area (Å²) in [7, 11) is 0. The van der Waals surface area contributed by atoms with Crippen LogP contribution in [0.5, 0.6) is 5.75 Å². The van der Waals surface area contributed by atoms with Crippen LogP contribution in [0.3, 0.4) is 0 Å². The Balaban J connectivity index is 1.85. The molecular weight excluding hydrogens is 328 g/mol. The minimum Gasteiger partial charge on any atom is -0.487 e. The Hall–Kier alpha value is -2.62. The lowest BCUT2D eigenvalue weighted by Gasteiger charge is -2.22. The molecule has 4 nitrogen and oxygen atoms in total. The van der Waals surface area contributed by atoms with Crippen molar-refractivity contribution < 1.29 is 19.1 Å². The van der Waals surface area contributed by atoms with E-state index in [2.05, 4.69) is 0 Å². The van der Waals surface area contributed by atoms with Crippen molar-refractivity contribution in [3.8, 4) is 16.9 Å². The van der Waals surface area contributed by atoms with Gasteiger partial charge in [-0.05, 0) is 73.6 Å². The zero-order valence-corrected chi connectivity index (χ0v) is 15.5. The third-order valence-corrected chi connectivity index (χ3v) is 4.81. The van der Waals surface area contributed by atoms with Crippen LogP contribution in [0.15, 0.2) is 36.4 Å². The topological polar surface area (TPSA) is 52.6 Å². The Labute approximate surface area is 154 Å². The smallest absolute Gasteiger partial charge is 0.303 e. The first-order chi connectivity index (χ1) is 12.5. The molecule has 1 saturated carbocycles. The molecule has 0 N–H and O–H groups in total. The summed E-state index contributed by atoms with van der Waals surface area (Å²) in [5.74, 6) is 0.530. The molecular formula is C22H24O4. The third-order valence-electron chi connectivity index (χ3n) is 4.81. The molecule has 2 unspecified atom stereocenters. The van der Waals surface area contributed by atoms with Gasteiger partial charge in [-0.15, -0.1) is 0 Å². The average Bonchev–Trinajstić information content (AvgIpc) is 3.00.